The van der Waals surface area contributed by atoms with E-state index in [1.54, 1.807) is 47.4 Å². The molecule has 0 N–H and O–H groups in total. The maximum absolute atomic E-state index is 13.2. The van der Waals surface area contributed by atoms with E-state index in [4.69, 9.17) is 11.6 Å². The molecule has 0 spiro atoms. The summed E-state index contributed by atoms with van der Waals surface area (Å²) in [5.74, 6) is -0.234. The first-order valence-corrected chi connectivity index (χ1v) is 10.5. The van der Waals surface area contributed by atoms with E-state index >= 15 is 0 Å². The topological polar surface area (TPSA) is 60.9 Å². The summed E-state index contributed by atoms with van der Waals surface area (Å²) in [4.78, 5) is 16.8. The molecule has 1 aliphatic rings. The number of amides is 1. The van der Waals surface area contributed by atoms with Crippen LogP contribution in [-0.2, 0) is 14.8 Å². The quantitative estimate of drug-likeness (QED) is 0.763. The van der Waals surface area contributed by atoms with Gasteiger partial charge >= 0.3 is 0 Å². The second-order valence-corrected chi connectivity index (χ2v) is 8.73. The van der Waals surface area contributed by atoms with Gasteiger partial charge in [0.2, 0.25) is 5.91 Å². The zero-order valence-electron chi connectivity index (χ0n) is 15.1. The van der Waals surface area contributed by atoms with Crippen LogP contribution in [0.25, 0.3) is 0 Å². The SMILES string of the molecule is CN1CCN(C(=O)CN(c2ccccc2Cl)S(=O)(=O)c2ccccc2)CC1. The predicted molar refractivity (Wildman–Crippen MR) is 107 cm³/mol. The molecular formula is C19H22ClN3O3S. The smallest absolute Gasteiger partial charge is 0.264 e. The van der Waals surface area contributed by atoms with Gasteiger partial charge in [-0.15, -0.1) is 0 Å². The molecule has 8 heteroatoms. The molecule has 0 unspecified atom stereocenters. The lowest BCUT2D eigenvalue weighted by molar-refractivity contribution is -0.131. The minimum absolute atomic E-state index is 0.121. The van der Waals surface area contributed by atoms with Crippen molar-refractivity contribution in [1.82, 2.24) is 9.80 Å². The third-order valence-electron chi connectivity index (χ3n) is 4.59. The molecule has 2 aromatic carbocycles. The van der Waals surface area contributed by atoms with Gasteiger partial charge in [0, 0.05) is 26.2 Å². The van der Waals surface area contributed by atoms with Crippen molar-refractivity contribution in [3.05, 3.63) is 59.6 Å². The van der Waals surface area contributed by atoms with E-state index in [-0.39, 0.29) is 22.4 Å². The minimum atomic E-state index is -3.93. The number of likely N-dealkylation sites (N-methyl/N-ethyl adjacent to an activating group) is 1. The zero-order chi connectivity index (χ0) is 19.4. The first-order chi connectivity index (χ1) is 12.9. The number of rotatable bonds is 5. The number of carbonyl (C=O) groups excluding carboxylic acids is 1. The van der Waals surface area contributed by atoms with Crippen LogP contribution in [0.4, 0.5) is 5.69 Å². The van der Waals surface area contributed by atoms with Gasteiger partial charge in [0.05, 0.1) is 15.6 Å². The number of benzene rings is 2. The van der Waals surface area contributed by atoms with Gasteiger partial charge in [0.15, 0.2) is 0 Å². The number of halogens is 1. The Hall–Kier alpha value is -2.09. The molecule has 1 aliphatic heterocycles. The van der Waals surface area contributed by atoms with Gasteiger partial charge in [0.25, 0.3) is 10.0 Å². The summed E-state index contributed by atoms with van der Waals surface area (Å²) < 4.78 is 27.6. The Morgan fingerprint density at radius 1 is 1.00 bits per heavy atom. The Bertz CT molecular complexity index is 897. The molecule has 0 aliphatic carbocycles. The van der Waals surface area contributed by atoms with Crippen LogP contribution in [0.2, 0.25) is 5.02 Å². The molecule has 6 nitrogen and oxygen atoms in total. The molecular weight excluding hydrogens is 386 g/mol. The van der Waals surface area contributed by atoms with E-state index in [2.05, 4.69) is 4.90 Å². The lowest BCUT2D eigenvalue weighted by Gasteiger charge is -2.34. The fourth-order valence-corrected chi connectivity index (χ4v) is 4.69. The summed E-state index contributed by atoms with van der Waals surface area (Å²) in [5, 5.41) is 0.281. The predicted octanol–water partition coefficient (Wildman–Crippen LogP) is 2.31. The van der Waals surface area contributed by atoms with Crippen LogP contribution in [0.5, 0.6) is 0 Å². The number of nitrogens with zero attached hydrogens (tertiary/aromatic N) is 3. The number of carbonyl (C=O) groups is 1. The van der Waals surface area contributed by atoms with Gasteiger partial charge in [-0.05, 0) is 31.3 Å². The van der Waals surface area contributed by atoms with Gasteiger partial charge in [-0.25, -0.2) is 8.42 Å². The molecule has 2 aromatic rings. The van der Waals surface area contributed by atoms with E-state index in [9.17, 15) is 13.2 Å². The largest absolute Gasteiger partial charge is 0.339 e. The van der Waals surface area contributed by atoms with Crippen molar-refractivity contribution in [1.29, 1.82) is 0 Å². The Morgan fingerprint density at radius 3 is 2.22 bits per heavy atom. The van der Waals surface area contributed by atoms with Gasteiger partial charge in [-0.1, -0.05) is 41.9 Å². The molecule has 0 aromatic heterocycles. The van der Waals surface area contributed by atoms with Gasteiger partial charge in [-0.3, -0.25) is 9.10 Å². The van der Waals surface area contributed by atoms with Crippen LogP contribution in [0.3, 0.4) is 0 Å². The Labute approximate surface area is 165 Å². The number of piperazine rings is 1. The molecule has 3 rings (SSSR count). The lowest BCUT2D eigenvalue weighted by Crippen LogP contribution is -2.50. The average Bonchev–Trinajstić information content (AvgIpc) is 2.68. The minimum Gasteiger partial charge on any atom is -0.339 e. The normalized spacial score (nSPS) is 15.6. The zero-order valence-corrected chi connectivity index (χ0v) is 16.7. The maximum atomic E-state index is 13.2. The van der Waals surface area contributed by atoms with Crippen LogP contribution >= 0.6 is 11.6 Å². The second kappa shape index (κ2) is 8.29. The number of sulfonamides is 1. The van der Waals surface area contributed by atoms with E-state index < -0.39 is 10.0 Å². The third-order valence-corrected chi connectivity index (χ3v) is 6.68. The maximum Gasteiger partial charge on any atom is 0.264 e. The number of para-hydroxylation sites is 1. The van der Waals surface area contributed by atoms with E-state index in [1.807, 2.05) is 7.05 Å². The molecule has 0 radical (unpaired) electrons. The van der Waals surface area contributed by atoms with Gasteiger partial charge in [-0.2, -0.15) is 0 Å². The molecule has 144 valence electrons. The Balaban J connectivity index is 1.94. The number of hydrogen-bond acceptors (Lipinski definition) is 4. The average molecular weight is 408 g/mol. The van der Waals surface area contributed by atoms with Crippen molar-refractivity contribution in [2.45, 2.75) is 4.90 Å². The fraction of sp³-hybridized carbons (Fsp3) is 0.316. The van der Waals surface area contributed by atoms with Crippen LogP contribution in [0.1, 0.15) is 0 Å². The third kappa shape index (κ3) is 4.43. The highest BCUT2D eigenvalue weighted by Gasteiger charge is 2.30. The van der Waals surface area contributed by atoms with Crippen LogP contribution < -0.4 is 4.31 Å². The molecule has 1 fully saturated rings. The van der Waals surface area contributed by atoms with Crippen LogP contribution in [0, 0.1) is 0 Å². The van der Waals surface area contributed by atoms with Crippen molar-refractivity contribution in [2.24, 2.45) is 0 Å². The molecule has 1 heterocycles. The second-order valence-electron chi connectivity index (χ2n) is 6.46. The summed E-state index contributed by atoms with van der Waals surface area (Å²) in [5.41, 5.74) is 0.297. The first kappa shape index (κ1) is 19.7. The highest BCUT2D eigenvalue weighted by molar-refractivity contribution is 7.92. The number of hydrogen-bond donors (Lipinski definition) is 0. The van der Waals surface area contributed by atoms with Crippen molar-refractivity contribution in [2.75, 3.05) is 44.1 Å². The van der Waals surface area contributed by atoms with Crippen LogP contribution in [-0.4, -0.2) is 63.9 Å². The highest BCUT2D eigenvalue weighted by atomic mass is 35.5. The fourth-order valence-electron chi connectivity index (χ4n) is 2.95. The summed E-state index contributed by atoms with van der Waals surface area (Å²) in [6.45, 7) is 2.41. The molecule has 0 bridgehead atoms. The van der Waals surface area contributed by atoms with Gasteiger partial charge < -0.3 is 9.80 Å². The van der Waals surface area contributed by atoms with Crippen molar-refractivity contribution in [3.63, 3.8) is 0 Å². The molecule has 1 saturated heterocycles. The van der Waals surface area contributed by atoms with E-state index in [1.165, 1.54) is 12.1 Å². The molecule has 27 heavy (non-hydrogen) atoms. The number of anilines is 1. The van der Waals surface area contributed by atoms with Gasteiger partial charge in [0.1, 0.15) is 6.54 Å². The van der Waals surface area contributed by atoms with E-state index in [0.29, 0.717) is 18.8 Å². The van der Waals surface area contributed by atoms with E-state index in [0.717, 1.165) is 17.4 Å². The monoisotopic (exact) mass is 407 g/mol. The summed E-state index contributed by atoms with van der Waals surface area (Å²) in [7, 11) is -1.93. The first-order valence-electron chi connectivity index (χ1n) is 8.68. The Kier molecular flexibility index (Phi) is 6.04. The summed E-state index contributed by atoms with van der Waals surface area (Å²) in [6, 6.07) is 14.7. The standard InChI is InChI=1S/C19H22ClN3O3S/c1-21-11-13-22(14-12-21)19(24)15-23(18-10-6-5-9-17(18)20)27(25,26)16-7-3-2-4-8-16/h2-10H,11-15H2,1H3. The van der Waals surface area contributed by atoms with Crippen molar-refractivity contribution >= 4 is 33.2 Å². The molecule has 0 atom stereocenters. The van der Waals surface area contributed by atoms with Crippen molar-refractivity contribution in [3.8, 4) is 0 Å². The molecule has 1 amide bonds. The highest BCUT2D eigenvalue weighted by Crippen LogP contribution is 2.30. The lowest BCUT2D eigenvalue weighted by atomic mass is 10.3. The summed E-state index contributed by atoms with van der Waals surface area (Å²) >= 11 is 6.26. The summed E-state index contributed by atoms with van der Waals surface area (Å²) in [6.07, 6.45) is 0. The Morgan fingerprint density at radius 2 is 1.59 bits per heavy atom. The van der Waals surface area contributed by atoms with Crippen molar-refractivity contribution < 1.29 is 13.2 Å². The van der Waals surface area contributed by atoms with Crippen LogP contribution in [0.15, 0.2) is 59.5 Å². The molecule has 0 saturated carbocycles.